The van der Waals surface area contributed by atoms with Crippen molar-refractivity contribution >= 4 is 5.69 Å². The topological polar surface area (TPSA) is 64.1 Å². The molecule has 3 N–H and O–H groups in total. The molecule has 16 heavy (non-hydrogen) atoms. The third kappa shape index (κ3) is 1.92. The molecular weight excluding hydrogens is 202 g/mol. The van der Waals surface area contributed by atoms with Gasteiger partial charge in [-0.05, 0) is 24.6 Å². The van der Waals surface area contributed by atoms with Gasteiger partial charge in [-0.15, -0.1) is 0 Å². The summed E-state index contributed by atoms with van der Waals surface area (Å²) < 4.78 is 1.95. The quantitative estimate of drug-likeness (QED) is 0.763. The van der Waals surface area contributed by atoms with E-state index < -0.39 is 0 Å². The average Bonchev–Trinajstić information content (AvgIpc) is 2.69. The second-order valence-electron chi connectivity index (χ2n) is 3.75. The van der Waals surface area contributed by atoms with E-state index >= 15 is 0 Å². The molecule has 0 spiro atoms. The number of rotatable bonds is 3. The van der Waals surface area contributed by atoms with Crippen molar-refractivity contribution in [3.63, 3.8) is 0 Å². The molecule has 0 aliphatic rings. The van der Waals surface area contributed by atoms with Gasteiger partial charge in [0.2, 0.25) is 0 Å². The maximum Gasteiger partial charge on any atom is 0.106 e. The van der Waals surface area contributed by atoms with Crippen molar-refractivity contribution in [3.8, 4) is 0 Å². The molecule has 0 amide bonds. The van der Waals surface area contributed by atoms with Crippen LogP contribution in [0, 0.1) is 6.92 Å². The van der Waals surface area contributed by atoms with Crippen molar-refractivity contribution < 1.29 is 5.11 Å². The lowest BCUT2D eigenvalue weighted by molar-refractivity contribution is 0.248. The van der Waals surface area contributed by atoms with Crippen LogP contribution in [-0.4, -0.2) is 21.3 Å². The van der Waals surface area contributed by atoms with Crippen LogP contribution in [0.25, 0.3) is 0 Å². The van der Waals surface area contributed by atoms with Crippen LogP contribution in [-0.2, 0) is 0 Å². The van der Waals surface area contributed by atoms with E-state index in [9.17, 15) is 5.11 Å². The summed E-state index contributed by atoms with van der Waals surface area (Å²) in [5, 5.41) is 9.47. The van der Waals surface area contributed by atoms with Crippen molar-refractivity contribution in [1.29, 1.82) is 0 Å². The lowest BCUT2D eigenvalue weighted by atomic mass is 10.1. The summed E-state index contributed by atoms with van der Waals surface area (Å²) in [6.45, 7) is 1.96. The molecule has 0 unspecified atom stereocenters. The minimum atomic E-state index is -0.0944. The molecule has 0 radical (unpaired) electrons. The summed E-state index contributed by atoms with van der Waals surface area (Å²) in [6, 6.07) is 7.43. The minimum absolute atomic E-state index is 0.0428. The molecule has 0 aliphatic heterocycles. The number of imidazole rings is 1. The Hall–Kier alpha value is -1.81. The predicted octanol–water partition coefficient (Wildman–Crippen LogP) is 1.36. The summed E-state index contributed by atoms with van der Waals surface area (Å²) in [4.78, 5) is 4.16. The van der Waals surface area contributed by atoms with E-state index in [0.717, 1.165) is 17.1 Å². The first-order chi connectivity index (χ1) is 7.72. The van der Waals surface area contributed by atoms with Gasteiger partial charge in [-0.3, -0.25) is 0 Å². The highest BCUT2D eigenvalue weighted by molar-refractivity contribution is 5.40. The molecule has 2 rings (SSSR count). The number of anilines is 1. The number of hydrogen-bond acceptors (Lipinski definition) is 3. The highest BCUT2D eigenvalue weighted by Gasteiger charge is 2.13. The summed E-state index contributed by atoms with van der Waals surface area (Å²) >= 11 is 0. The number of aliphatic hydroxyl groups is 1. The molecule has 1 atom stereocenters. The summed E-state index contributed by atoms with van der Waals surface area (Å²) in [5.41, 5.74) is 7.39. The van der Waals surface area contributed by atoms with Crippen LogP contribution in [0.3, 0.4) is 0 Å². The molecule has 1 aromatic carbocycles. The SMILES string of the molecule is Cc1nccn1[C@@H](CO)c1ccc(N)cc1. The summed E-state index contributed by atoms with van der Waals surface area (Å²) in [5.74, 6) is 0.885. The van der Waals surface area contributed by atoms with Gasteiger partial charge in [-0.2, -0.15) is 0 Å². The van der Waals surface area contributed by atoms with Gasteiger partial charge in [0.25, 0.3) is 0 Å². The van der Waals surface area contributed by atoms with Crippen LogP contribution < -0.4 is 5.73 Å². The zero-order chi connectivity index (χ0) is 11.5. The van der Waals surface area contributed by atoms with Crippen LogP contribution >= 0.6 is 0 Å². The van der Waals surface area contributed by atoms with Crippen LogP contribution in [0.4, 0.5) is 5.69 Å². The summed E-state index contributed by atoms with van der Waals surface area (Å²) in [7, 11) is 0. The summed E-state index contributed by atoms with van der Waals surface area (Å²) in [6.07, 6.45) is 3.60. The smallest absolute Gasteiger partial charge is 0.106 e. The number of nitrogens with two attached hydrogens (primary N) is 1. The Bertz CT molecular complexity index is 461. The number of nitrogen functional groups attached to an aromatic ring is 1. The monoisotopic (exact) mass is 217 g/mol. The number of aromatic nitrogens is 2. The molecule has 0 saturated heterocycles. The number of benzene rings is 1. The van der Waals surface area contributed by atoms with Crippen molar-refractivity contribution in [2.45, 2.75) is 13.0 Å². The second-order valence-corrected chi connectivity index (χ2v) is 3.75. The van der Waals surface area contributed by atoms with E-state index in [1.807, 2.05) is 42.0 Å². The number of nitrogens with zero attached hydrogens (tertiary/aromatic N) is 2. The molecule has 84 valence electrons. The van der Waals surface area contributed by atoms with Gasteiger partial charge in [0, 0.05) is 18.1 Å². The van der Waals surface area contributed by atoms with Gasteiger partial charge >= 0.3 is 0 Å². The minimum Gasteiger partial charge on any atom is -0.399 e. The molecule has 0 aliphatic carbocycles. The fourth-order valence-corrected chi connectivity index (χ4v) is 1.79. The van der Waals surface area contributed by atoms with Crippen LogP contribution in [0.1, 0.15) is 17.4 Å². The van der Waals surface area contributed by atoms with Crippen LogP contribution in [0.5, 0.6) is 0 Å². The van der Waals surface area contributed by atoms with Gasteiger partial charge in [0.05, 0.1) is 12.6 Å². The second kappa shape index (κ2) is 4.37. The Morgan fingerprint density at radius 1 is 1.38 bits per heavy atom. The Kier molecular flexibility index (Phi) is 2.92. The van der Waals surface area contributed by atoms with E-state index in [1.54, 1.807) is 6.20 Å². The zero-order valence-corrected chi connectivity index (χ0v) is 9.17. The lowest BCUT2D eigenvalue weighted by Gasteiger charge is -2.18. The van der Waals surface area contributed by atoms with Crippen molar-refractivity contribution in [3.05, 3.63) is 48.0 Å². The van der Waals surface area contributed by atoms with Gasteiger partial charge in [0.15, 0.2) is 0 Å². The average molecular weight is 217 g/mol. The molecule has 1 heterocycles. The molecule has 4 heteroatoms. The molecule has 2 aromatic rings. The molecule has 0 saturated carbocycles. The van der Waals surface area contributed by atoms with Gasteiger partial charge in [-0.25, -0.2) is 4.98 Å². The number of aryl methyl sites for hydroxylation is 1. The Morgan fingerprint density at radius 3 is 2.56 bits per heavy atom. The lowest BCUT2D eigenvalue weighted by Crippen LogP contribution is -2.15. The number of aliphatic hydroxyl groups excluding tert-OH is 1. The largest absolute Gasteiger partial charge is 0.399 e. The highest BCUT2D eigenvalue weighted by atomic mass is 16.3. The molecule has 4 nitrogen and oxygen atoms in total. The third-order valence-electron chi connectivity index (χ3n) is 2.69. The normalized spacial score (nSPS) is 12.6. The molecular formula is C12H15N3O. The molecule has 1 aromatic heterocycles. The molecule has 0 fully saturated rings. The van der Waals surface area contributed by atoms with Crippen molar-refractivity contribution in [1.82, 2.24) is 9.55 Å². The Balaban J connectivity index is 2.37. The zero-order valence-electron chi connectivity index (χ0n) is 9.17. The fourth-order valence-electron chi connectivity index (χ4n) is 1.79. The number of hydrogen-bond donors (Lipinski definition) is 2. The maximum absolute atomic E-state index is 9.47. The first-order valence-electron chi connectivity index (χ1n) is 5.18. The van der Waals surface area contributed by atoms with Crippen molar-refractivity contribution in [2.24, 2.45) is 0 Å². The van der Waals surface area contributed by atoms with Crippen LogP contribution in [0.2, 0.25) is 0 Å². The standard InChI is InChI=1S/C12H15N3O/c1-9-14-6-7-15(9)12(8-16)10-2-4-11(13)5-3-10/h2-7,12,16H,8,13H2,1H3/t12-/m0/s1. The first-order valence-corrected chi connectivity index (χ1v) is 5.18. The van der Waals surface area contributed by atoms with E-state index in [1.165, 1.54) is 0 Å². The van der Waals surface area contributed by atoms with Crippen molar-refractivity contribution in [2.75, 3.05) is 12.3 Å². The van der Waals surface area contributed by atoms with Crippen LogP contribution in [0.15, 0.2) is 36.7 Å². The Labute approximate surface area is 94.4 Å². The first kappa shape index (κ1) is 10.7. The van der Waals surface area contributed by atoms with E-state index in [4.69, 9.17) is 5.73 Å². The Morgan fingerprint density at radius 2 is 2.06 bits per heavy atom. The predicted molar refractivity (Wildman–Crippen MR) is 63.0 cm³/mol. The highest BCUT2D eigenvalue weighted by Crippen LogP contribution is 2.20. The van der Waals surface area contributed by atoms with Gasteiger partial charge in [0.1, 0.15) is 5.82 Å². The fraction of sp³-hybridized carbons (Fsp3) is 0.250. The van der Waals surface area contributed by atoms with Gasteiger partial charge < -0.3 is 15.4 Å². The van der Waals surface area contributed by atoms with E-state index in [2.05, 4.69) is 4.98 Å². The third-order valence-corrected chi connectivity index (χ3v) is 2.69. The maximum atomic E-state index is 9.47. The van der Waals surface area contributed by atoms with E-state index in [0.29, 0.717) is 0 Å². The van der Waals surface area contributed by atoms with Gasteiger partial charge in [-0.1, -0.05) is 12.1 Å². The molecule has 0 bridgehead atoms. The van der Waals surface area contributed by atoms with E-state index in [-0.39, 0.29) is 12.6 Å².